The molecule has 5 heteroatoms. The minimum absolute atomic E-state index is 0.0385. The number of hydrogen-bond acceptors (Lipinski definition) is 2. The molecule has 0 radical (unpaired) electrons. The lowest BCUT2D eigenvalue weighted by molar-refractivity contribution is -0.137. The van der Waals surface area contributed by atoms with Gasteiger partial charge in [-0.05, 0) is 43.9 Å². The number of carbonyl (C=O) groups is 2. The third kappa shape index (κ3) is 6.19. The fourth-order valence-corrected chi connectivity index (χ4v) is 2.13. The van der Waals surface area contributed by atoms with Crippen LogP contribution >= 0.6 is 15.9 Å². The summed E-state index contributed by atoms with van der Waals surface area (Å²) in [6.07, 6.45) is 1.63. The maximum Gasteiger partial charge on any atom is 0.303 e. The Kier molecular flexibility index (Phi) is 6.71. The molecule has 0 fully saturated rings. The van der Waals surface area contributed by atoms with E-state index >= 15 is 0 Å². The van der Waals surface area contributed by atoms with Crippen LogP contribution < -0.4 is 5.32 Å². The molecule has 1 rings (SSSR count). The van der Waals surface area contributed by atoms with Gasteiger partial charge in [0.25, 0.3) is 0 Å². The molecule has 0 saturated heterocycles. The lowest BCUT2D eigenvalue weighted by Gasteiger charge is -2.12. The zero-order chi connectivity index (χ0) is 15.1. The molecule has 0 aliphatic carbocycles. The molecule has 0 saturated carbocycles. The monoisotopic (exact) mass is 341 g/mol. The number of amides is 1. The van der Waals surface area contributed by atoms with Gasteiger partial charge in [-0.25, -0.2) is 0 Å². The summed E-state index contributed by atoms with van der Waals surface area (Å²) in [5.41, 5.74) is 2.27. The van der Waals surface area contributed by atoms with Gasteiger partial charge in [0, 0.05) is 23.4 Å². The normalized spacial score (nSPS) is 11.9. The van der Waals surface area contributed by atoms with Crippen LogP contribution in [0, 0.1) is 6.92 Å². The first-order valence-electron chi connectivity index (χ1n) is 6.64. The molecule has 2 N–H and O–H groups in total. The number of benzene rings is 1. The molecule has 110 valence electrons. The van der Waals surface area contributed by atoms with Crippen LogP contribution in [0.15, 0.2) is 22.7 Å². The van der Waals surface area contributed by atoms with Crippen molar-refractivity contribution in [2.45, 2.75) is 45.6 Å². The van der Waals surface area contributed by atoms with Crippen molar-refractivity contribution in [3.8, 4) is 0 Å². The number of aliphatic carboxylic acids is 1. The average Bonchev–Trinajstić information content (AvgIpc) is 2.38. The van der Waals surface area contributed by atoms with Gasteiger partial charge in [0.2, 0.25) is 5.91 Å². The van der Waals surface area contributed by atoms with E-state index in [4.69, 9.17) is 5.11 Å². The largest absolute Gasteiger partial charge is 0.481 e. The summed E-state index contributed by atoms with van der Waals surface area (Å²) in [4.78, 5) is 22.2. The van der Waals surface area contributed by atoms with Crippen molar-refractivity contribution in [2.75, 3.05) is 0 Å². The van der Waals surface area contributed by atoms with Gasteiger partial charge in [-0.2, -0.15) is 0 Å². The Morgan fingerprint density at radius 3 is 2.65 bits per heavy atom. The zero-order valence-corrected chi connectivity index (χ0v) is 13.4. The van der Waals surface area contributed by atoms with Crippen LogP contribution in [0.1, 0.15) is 37.3 Å². The molecule has 0 aromatic heterocycles. The van der Waals surface area contributed by atoms with Crippen LogP contribution in [-0.4, -0.2) is 23.0 Å². The highest BCUT2D eigenvalue weighted by atomic mass is 79.9. The summed E-state index contributed by atoms with van der Waals surface area (Å²) >= 11 is 3.44. The van der Waals surface area contributed by atoms with Crippen LogP contribution in [0.25, 0.3) is 0 Å². The molecule has 1 aromatic rings. The van der Waals surface area contributed by atoms with Gasteiger partial charge < -0.3 is 10.4 Å². The standard InChI is InChI=1S/C15H20BrNO3/c1-10-9-12(4-6-13(10)16)5-7-14(18)17-11(2)3-8-15(19)20/h4,6,9,11H,3,5,7-8H2,1-2H3,(H,17,18)(H,19,20). The molecule has 0 heterocycles. The van der Waals surface area contributed by atoms with Crippen molar-refractivity contribution in [2.24, 2.45) is 0 Å². The number of aryl methyl sites for hydroxylation is 2. The van der Waals surface area contributed by atoms with Gasteiger partial charge in [-0.1, -0.05) is 28.1 Å². The van der Waals surface area contributed by atoms with E-state index in [2.05, 4.69) is 27.3 Å². The van der Waals surface area contributed by atoms with Gasteiger partial charge >= 0.3 is 5.97 Å². The Labute approximate surface area is 127 Å². The van der Waals surface area contributed by atoms with Crippen molar-refractivity contribution < 1.29 is 14.7 Å². The van der Waals surface area contributed by atoms with Gasteiger partial charge in [0.05, 0.1) is 0 Å². The minimum Gasteiger partial charge on any atom is -0.481 e. The number of carboxylic acids is 1. The van der Waals surface area contributed by atoms with Crippen molar-refractivity contribution in [1.29, 1.82) is 0 Å². The Morgan fingerprint density at radius 1 is 1.35 bits per heavy atom. The maximum absolute atomic E-state index is 11.8. The summed E-state index contributed by atoms with van der Waals surface area (Å²) in [5, 5.41) is 11.4. The Balaban J connectivity index is 2.35. The predicted molar refractivity (Wildman–Crippen MR) is 81.7 cm³/mol. The van der Waals surface area contributed by atoms with E-state index < -0.39 is 5.97 Å². The molecule has 0 spiro atoms. The fourth-order valence-electron chi connectivity index (χ4n) is 1.88. The molecule has 1 atom stereocenters. The molecule has 1 amide bonds. The third-order valence-electron chi connectivity index (χ3n) is 3.06. The molecule has 0 aliphatic rings. The van der Waals surface area contributed by atoms with Crippen LogP contribution in [-0.2, 0) is 16.0 Å². The predicted octanol–water partition coefficient (Wildman–Crippen LogP) is 3.06. The first-order valence-corrected chi connectivity index (χ1v) is 7.44. The summed E-state index contributed by atoms with van der Waals surface area (Å²) in [5.74, 6) is -0.875. The highest BCUT2D eigenvalue weighted by Crippen LogP contribution is 2.17. The SMILES string of the molecule is Cc1cc(CCC(=O)NC(C)CCC(=O)O)ccc1Br. The van der Waals surface area contributed by atoms with Crippen molar-refractivity contribution in [1.82, 2.24) is 5.32 Å². The summed E-state index contributed by atoms with van der Waals surface area (Å²) < 4.78 is 1.06. The number of nitrogens with one attached hydrogen (secondary N) is 1. The lowest BCUT2D eigenvalue weighted by Crippen LogP contribution is -2.33. The second kappa shape index (κ2) is 8.04. The van der Waals surface area contributed by atoms with E-state index in [1.165, 1.54) is 0 Å². The maximum atomic E-state index is 11.8. The number of carbonyl (C=O) groups excluding carboxylic acids is 1. The molecule has 1 unspecified atom stereocenters. The van der Waals surface area contributed by atoms with E-state index in [0.29, 0.717) is 19.3 Å². The van der Waals surface area contributed by atoms with E-state index in [1.54, 1.807) is 0 Å². The number of rotatable bonds is 7. The quantitative estimate of drug-likeness (QED) is 0.800. The number of carboxylic acid groups (broad SMARTS) is 1. The van der Waals surface area contributed by atoms with Gasteiger partial charge in [0.1, 0.15) is 0 Å². The zero-order valence-electron chi connectivity index (χ0n) is 11.8. The van der Waals surface area contributed by atoms with Crippen LogP contribution in [0.2, 0.25) is 0 Å². The molecular formula is C15H20BrNO3. The highest BCUT2D eigenvalue weighted by molar-refractivity contribution is 9.10. The molecule has 20 heavy (non-hydrogen) atoms. The van der Waals surface area contributed by atoms with Gasteiger partial charge in [0.15, 0.2) is 0 Å². The fraction of sp³-hybridized carbons (Fsp3) is 0.467. The van der Waals surface area contributed by atoms with E-state index in [1.807, 2.05) is 26.0 Å². The van der Waals surface area contributed by atoms with Crippen LogP contribution in [0.4, 0.5) is 0 Å². The minimum atomic E-state index is -0.837. The van der Waals surface area contributed by atoms with E-state index in [9.17, 15) is 9.59 Å². The first kappa shape index (κ1) is 16.7. The molecule has 4 nitrogen and oxygen atoms in total. The first-order chi connectivity index (χ1) is 9.38. The summed E-state index contributed by atoms with van der Waals surface area (Å²) in [6, 6.07) is 5.94. The Bertz CT molecular complexity index is 488. The molecular weight excluding hydrogens is 322 g/mol. The molecule has 1 aromatic carbocycles. The van der Waals surface area contributed by atoms with Crippen LogP contribution in [0.3, 0.4) is 0 Å². The van der Waals surface area contributed by atoms with E-state index in [-0.39, 0.29) is 18.4 Å². The average molecular weight is 342 g/mol. The van der Waals surface area contributed by atoms with Gasteiger partial charge in [-0.3, -0.25) is 9.59 Å². The number of halogens is 1. The second-order valence-electron chi connectivity index (χ2n) is 4.98. The summed E-state index contributed by atoms with van der Waals surface area (Å²) in [7, 11) is 0. The molecule has 0 bridgehead atoms. The lowest BCUT2D eigenvalue weighted by atomic mass is 10.1. The number of hydrogen-bond donors (Lipinski definition) is 2. The highest BCUT2D eigenvalue weighted by Gasteiger charge is 2.09. The second-order valence-corrected chi connectivity index (χ2v) is 5.84. The van der Waals surface area contributed by atoms with Crippen LogP contribution in [0.5, 0.6) is 0 Å². The summed E-state index contributed by atoms with van der Waals surface area (Å²) in [6.45, 7) is 3.84. The van der Waals surface area contributed by atoms with E-state index in [0.717, 1.165) is 15.6 Å². The molecule has 0 aliphatic heterocycles. The van der Waals surface area contributed by atoms with Crippen molar-refractivity contribution in [3.05, 3.63) is 33.8 Å². The third-order valence-corrected chi connectivity index (χ3v) is 3.95. The van der Waals surface area contributed by atoms with Crippen molar-refractivity contribution >= 4 is 27.8 Å². The topological polar surface area (TPSA) is 66.4 Å². The smallest absolute Gasteiger partial charge is 0.303 e. The Morgan fingerprint density at radius 2 is 2.05 bits per heavy atom. The van der Waals surface area contributed by atoms with Crippen molar-refractivity contribution in [3.63, 3.8) is 0 Å². The Hall–Kier alpha value is -1.36. The van der Waals surface area contributed by atoms with Gasteiger partial charge in [-0.15, -0.1) is 0 Å².